The van der Waals surface area contributed by atoms with Gasteiger partial charge in [0.25, 0.3) is 7.71 Å². The molecule has 0 unspecified atom stereocenters. The van der Waals surface area contributed by atoms with Crippen LogP contribution in [0.5, 0.6) is 0 Å². The topological polar surface area (TPSA) is 9.72 Å². The predicted molar refractivity (Wildman–Crippen MR) is 89.6 cm³/mol. The molecule has 0 aromatic carbocycles. The first-order valence-electron chi connectivity index (χ1n) is 7.79. The van der Waals surface area contributed by atoms with E-state index in [1.807, 2.05) is 0 Å². The molecule has 20 heavy (non-hydrogen) atoms. The first-order chi connectivity index (χ1) is 9.57. The molecule has 0 aromatic heterocycles. The second kappa shape index (κ2) is 6.35. The van der Waals surface area contributed by atoms with Gasteiger partial charge in [-0.05, 0) is 73.3 Å². The van der Waals surface area contributed by atoms with Crippen LogP contribution in [0.15, 0.2) is 0 Å². The van der Waals surface area contributed by atoms with Gasteiger partial charge >= 0.3 is 3.53 Å². The SMILES string of the molecule is ClC(Cl)(Cl)[P+](N1CCCC1)(N1CCCC1)N1CCCC1. The highest BCUT2D eigenvalue weighted by Gasteiger charge is 2.70. The van der Waals surface area contributed by atoms with Gasteiger partial charge in [-0.1, -0.05) is 0 Å². The highest BCUT2D eigenvalue weighted by molar-refractivity contribution is 7.76. The van der Waals surface area contributed by atoms with Crippen LogP contribution in [0.1, 0.15) is 38.5 Å². The summed E-state index contributed by atoms with van der Waals surface area (Å²) in [5.41, 5.74) is 0. The lowest BCUT2D eigenvalue weighted by atomic mass is 10.4. The van der Waals surface area contributed by atoms with Gasteiger partial charge in [-0.25, -0.2) is 0 Å². The summed E-state index contributed by atoms with van der Waals surface area (Å²) in [7, 11) is -2.03. The Kier molecular flexibility index (Phi) is 5.10. The van der Waals surface area contributed by atoms with Gasteiger partial charge < -0.3 is 0 Å². The minimum absolute atomic E-state index is 1.09. The number of nitrogens with zero attached hydrogens (tertiary/aromatic N) is 3. The Morgan fingerprint density at radius 1 is 0.550 bits per heavy atom. The van der Waals surface area contributed by atoms with E-state index in [4.69, 9.17) is 34.8 Å². The van der Waals surface area contributed by atoms with Gasteiger partial charge in [-0.3, -0.25) is 0 Å². The van der Waals surface area contributed by atoms with Gasteiger partial charge in [0.15, 0.2) is 0 Å². The van der Waals surface area contributed by atoms with E-state index in [1.54, 1.807) is 0 Å². The summed E-state index contributed by atoms with van der Waals surface area (Å²) in [6, 6.07) is 0. The molecule has 0 aliphatic carbocycles. The van der Waals surface area contributed by atoms with Crippen molar-refractivity contribution in [3.63, 3.8) is 0 Å². The Hall–Kier alpha value is 1.18. The van der Waals surface area contributed by atoms with E-state index in [0.29, 0.717) is 0 Å². The van der Waals surface area contributed by atoms with E-state index in [9.17, 15) is 0 Å². The Morgan fingerprint density at radius 2 is 0.800 bits per heavy atom. The lowest BCUT2D eigenvalue weighted by molar-refractivity contribution is 0.371. The largest absolute Gasteiger partial charge is 0.348 e. The zero-order valence-electron chi connectivity index (χ0n) is 11.9. The Labute approximate surface area is 138 Å². The van der Waals surface area contributed by atoms with Crippen molar-refractivity contribution in [3.8, 4) is 0 Å². The van der Waals surface area contributed by atoms with E-state index < -0.39 is 11.2 Å². The minimum atomic E-state index is -2.03. The molecule has 0 saturated carbocycles. The van der Waals surface area contributed by atoms with Gasteiger partial charge in [0.05, 0.1) is 0 Å². The van der Waals surface area contributed by atoms with E-state index in [2.05, 4.69) is 14.0 Å². The zero-order valence-corrected chi connectivity index (χ0v) is 15.1. The van der Waals surface area contributed by atoms with Gasteiger partial charge in [-0.15, -0.1) is 14.0 Å². The summed E-state index contributed by atoms with van der Waals surface area (Å²) in [5.74, 6) is 0. The predicted octanol–water partition coefficient (Wildman–Crippen LogP) is 4.36. The van der Waals surface area contributed by atoms with Gasteiger partial charge in [0.2, 0.25) is 0 Å². The molecule has 3 nitrogen and oxygen atoms in total. The molecule has 0 amide bonds. The van der Waals surface area contributed by atoms with Crippen LogP contribution in [-0.4, -0.2) is 56.8 Å². The van der Waals surface area contributed by atoms with Crippen molar-refractivity contribution in [3.05, 3.63) is 0 Å². The van der Waals surface area contributed by atoms with Crippen molar-refractivity contribution in [1.29, 1.82) is 0 Å². The van der Waals surface area contributed by atoms with Gasteiger partial charge in [0, 0.05) is 39.3 Å². The second-order valence-corrected chi connectivity index (χ2v) is 12.6. The molecule has 3 heterocycles. The quantitative estimate of drug-likeness (QED) is 0.547. The minimum Gasteiger partial charge on any atom is -0.145 e. The van der Waals surface area contributed by atoms with Crippen LogP contribution < -0.4 is 0 Å². The smallest absolute Gasteiger partial charge is 0.145 e. The van der Waals surface area contributed by atoms with Crippen LogP contribution in [0.2, 0.25) is 0 Å². The summed E-state index contributed by atoms with van der Waals surface area (Å²) < 4.78 is 6.47. The first-order valence-corrected chi connectivity index (χ1v) is 10.6. The number of hydrogen-bond acceptors (Lipinski definition) is 3. The summed E-state index contributed by atoms with van der Waals surface area (Å²) in [6.07, 6.45) is 7.44. The molecule has 0 spiro atoms. The molecule has 0 N–H and O–H groups in total. The first kappa shape index (κ1) is 16.1. The lowest BCUT2D eigenvalue weighted by Crippen LogP contribution is -2.48. The van der Waals surface area contributed by atoms with Crippen molar-refractivity contribution in [2.45, 2.75) is 42.1 Å². The van der Waals surface area contributed by atoms with Crippen LogP contribution in [-0.2, 0) is 0 Å². The summed E-state index contributed by atoms with van der Waals surface area (Å²) >= 11 is 20.0. The second-order valence-electron chi connectivity index (χ2n) is 6.02. The van der Waals surface area contributed by atoms with Crippen LogP contribution >= 0.6 is 42.5 Å². The van der Waals surface area contributed by atoms with E-state index in [0.717, 1.165) is 39.3 Å². The number of alkyl halides is 3. The molecule has 3 fully saturated rings. The fraction of sp³-hybridized carbons (Fsp3) is 1.00. The van der Waals surface area contributed by atoms with Crippen molar-refractivity contribution >= 4 is 42.5 Å². The molecule has 3 rings (SSSR count). The summed E-state index contributed by atoms with van der Waals surface area (Å²) in [6.45, 7) is 6.55. The standard InChI is InChI=1S/C13H24Cl3N3P/c14-13(15,16)20(17-7-1-2-8-17,18-9-3-4-10-18)19-11-5-6-12-19/h1-12H2/q+1. The maximum Gasteiger partial charge on any atom is 0.348 e. The van der Waals surface area contributed by atoms with E-state index >= 15 is 0 Å². The molecule has 0 bridgehead atoms. The van der Waals surface area contributed by atoms with Gasteiger partial charge in [-0.2, -0.15) is 0 Å². The van der Waals surface area contributed by atoms with Crippen molar-refractivity contribution in [1.82, 2.24) is 14.0 Å². The summed E-state index contributed by atoms with van der Waals surface area (Å²) in [5, 5.41) is 0. The summed E-state index contributed by atoms with van der Waals surface area (Å²) in [4.78, 5) is 0. The van der Waals surface area contributed by atoms with Crippen LogP contribution in [0.25, 0.3) is 0 Å². The van der Waals surface area contributed by atoms with Crippen molar-refractivity contribution < 1.29 is 0 Å². The third-order valence-electron chi connectivity index (χ3n) is 4.77. The monoisotopic (exact) mass is 358 g/mol. The molecule has 7 heteroatoms. The van der Waals surface area contributed by atoms with Gasteiger partial charge in [0.1, 0.15) is 0 Å². The molecule has 3 saturated heterocycles. The van der Waals surface area contributed by atoms with Crippen molar-refractivity contribution in [2.24, 2.45) is 0 Å². The Balaban J connectivity index is 2.01. The highest BCUT2D eigenvalue weighted by Crippen LogP contribution is 2.81. The average molecular weight is 360 g/mol. The van der Waals surface area contributed by atoms with E-state index in [1.165, 1.54) is 38.5 Å². The third kappa shape index (κ3) is 2.62. The lowest BCUT2D eigenvalue weighted by Gasteiger charge is -2.47. The van der Waals surface area contributed by atoms with Crippen LogP contribution in [0.4, 0.5) is 0 Å². The molecular weight excluding hydrogens is 335 g/mol. The molecule has 116 valence electrons. The maximum atomic E-state index is 6.65. The maximum absolute atomic E-state index is 6.65. The fourth-order valence-corrected chi connectivity index (χ4v) is 11.4. The van der Waals surface area contributed by atoms with E-state index in [-0.39, 0.29) is 0 Å². The Morgan fingerprint density at radius 3 is 1.00 bits per heavy atom. The molecule has 0 radical (unpaired) electrons. The highest BCUT2D eigenvalue weighted by atomic mass is 35.6. The number of hydrogen-bond donors (Lipinski definition) is 0. The van der Waals surface area contributed by atoms with Crippen LogP contribution in [0, 0.1) is 0 Å². The number of halogens is 3. The molecular formula is C13H24Cl3N3P+. The third-order valence-corrected chi connectivity index (χ3v) is 11.1. The fourth-order valence-electron chi connectivity index (χ4n) is 3.96. The molecule has 0 aromatic rings. The molecule has 3 aliphatic heterocycles. The van der Waals surface area contributed by atoms with Crippen molar-refractivity contribution in [2.75, 3.05) is 39.3 Å². The molecule has 3 aliphatic rings. The average Bonchev–Trinajstić information content (AvgIpc) is 3.13. The zero-order chi connectivity index (χ0) is 14.2. The Bertz CT molecular complexity index is 291. The molecule has 0 atom stereocenters. The normalized spacial score (nSPS) is 27.8. The number of rotatable bonds is 3. The van der Waals surface area contributed by atoms with Crippen LogP contribution in [0.3, 0.4) is 0 Å².